The van der Waals surface area contributed by atoms with Crippen LogP contribution in [0.4, 0.5) is 0 Å². The quantitative estimate of drug-likeness (QED) is 0.625. The van der Waals surface area contributed by atoms with Crippen molar-refractivity contribution in [1.29, 1.82) is 0 Å². The summed E-state index contributed by atoms with van der Waals surface area (Å²) in [5.41, 5.74) is 3.62. The molecule has 0 heteroatoms. The van der Waals surface area contributed by atoms with Crippen LogP contribution in [0, 0.1) is 18.8 Å². The van der Waals surface area contributed by atoms with Gasteiger partial charge in [-0.1, -0.05) is 59.9 Å². The average Bonchev–Trinajstić information content (AvgIpc) is 2.33. The normalized spacial score (nSPS) is 9.31. The molecule has 2 aromatic rings. The van der Waals surface area contributed by atoms with E-state index in [1.807, 2.05) is 18.2 Å². The van der Waals surface area contributed by atoms with E-state index in [0.29, 0.717) is 0 Å². The molecule has 0 amide bonds. The molecule has 0 saturated carbocycles. The average molecular weight is 206 g/mol. The second-order valence-corrected chi connectivity index (χ2v) is 3.83. The van der Waals surface area contributed by atoms with Gasteiger partial charge in [0.2, 0.25) is 0 Å². The summed E-state index contributed by atoms with van der Waals surface area (Å²) < 4.78 is 0. The van der Waals surface area contributed by atoms with Crippen molar-refractivity contribution in [1.82, 2.24) is 0 Å². The zero-order valence-electron chi connectivity index (χ0n) is 9.40. The van der Waals surface area contributed by atoms with Crippen LogP contribution in [0.3, 0.4) is 0 Å². The lowest BCUT2D eigenvalue weighted by molar-refractivity contribution is 1.32. The van der Waals surface area contributed by atoms with Crippen molar-refractivity contribution in [3.05, 3.63) is 71.3 Å². The third-order valence-corrected chi connectivity index (χ3v) is 2.42. The zero-order valence-corrected chi connectivity index (χ0v) is 9.40. The van der Waals surface area contributed by atoms with E-state index in [2.05, 4.69) is 55.2 Å². The van der Waals surface area contributed by atoms with Crippen molar-refractivity contribution in [3.8, 4) is 11.8 Å². The van der Waals surface area contributed by atoms with Crippen LogP contribution >= 0.6 is 0 Å². The Balaban J connectivity index is 2.03. The number of rotatable bonds is 1. The molecule has 0 radical (unpaired) electrons. The van der Waals surface area contributed by atoms with E-state index in [1.54, 1.807) is 0 Å². The Morgan fingerprint density at radius 1 is 0.875 bits per heavy atom. The third-order valence-electron chi connectivity index (χ3n) is 2.42. The second kappa shape index (κ2) is 5.19. The van der Waals surface area contributed by atoms with Gasteiger partial charge in [-0.2, -0.15) is 0 Å². The fourth-order valence-corrected chi connectivity index (χ4v) is 1.48. The van der Waals surface area contributed by atoms with Crippen molar-refractivity contribution in [2.75, 3.05) is 0 Å². The molecule has 0 aliphatic rings. The Kier molecular flexibility index (Phi) is 3.41. The van der Waals surface area contributed by atoms with Crippen LogP contribution in [0.5, 0.6) is 0 Å². The van der Waals surface area contributed by atoms with Crippen LogP contribution in [0.15, 0.2) is 54.6 Å². The highest BCUT2D eigenvalue weighted by Crippen LogP contribution is 2.02. The van der Waals surface area contributed by atoms with Crippen molar-refractivity contribution >= 4 is 0 Å². The first kappa shape index (κ1) is 10.5. The van der Waals surface area contributed by atoms with Crippen LogP contribution in [0.1, 0.15) is 16.7 Å². The fourth-order valence-electron chi connectivity index (χ4n) is 1.48. The standard InChI is InChI=1S/C16H14/c1-14-10-12-16(13-11-14)9-5-8-15-6-3-2-4-7-15/h2-4,6-7,10-13H,8H2,1H3. The fraction of sp³-hybridized carbons (Fsp3) is 0.125. The molecule has 0 atom stereocenters. The maximum atomic E-state index is 3.19. The van der Waals surface area contributed by atoms with E-state index in [1.165, 1.54) is 11.1 Å². The minimum Gasteiger partial charge on any atom is -0.0931 e. The lowest BCUT2D eigenvalue weighted by Crippen LogP contribution is -1.80. The molecular formula is C16H14. The Morgan fingerprint density at radius 2 is 1.56 bits per heavy atom. The lowest BCUT2D eigenvalue weighted by Gasteiger charge is -1.93. The largest absolute Gasteiger partial charge is 0.0931 e. The molecule has 2 aromatic carbocycles. The molecule has 0 aliphatic heterocycles. The van der Waals surface area contributed by atoms with Gasteiger partial charge in [0.1, 0.15) is 0 Å². The Morgan fingerprint density at radius 3 is 2.25 bits per heavy atom. The van der Waals surface area contributed by atoms with Gasteiger partial charge in [-0.25, -0.2) is 0 Å². The van der Waals surface area contributed by atoms with E-state index >= 15 is 0 Å². The van der Waals surface area contributed by atoms with Crippen molar-refractivity contribution in [3.63, 3.8) is 0 Å². The number of hydrogen-bond donors (Lipinski definition) is 0. The van der Waals surface area contributed by atoms with Gasteiger partial charge < -0.3 is 0 Å². The van der Waals surface area contributed by atoms with Crippen LogP contribution in [0.2, 0.25) is 0 Å². The predicted octanol–water partition coefficient (Wildman–Crippen LogP) is 3.59. The maximum absolute atomic E-state index is 3.19. The number of aryl methyl sites for hydroxylation is 1. The molecule has 78 valence electrons. The van der Waals surface area contributed by atoms with E-state index in [9.17, 15) is 0 Å². The summed E-state index contributed by atoms with van der Waals surface area (Å²) in [6, 6.07) is 18.6. The summed E-state index contributed by atoms with van der Waals surface area (Å²) in [6.45, 7) is 2.08. The monoisotopic (exact) mass is 206 g/mol. The molecule has 0 nitrogen and oxygen atoms in total. The number of benzene rings is 2. The van der Waals surface area contributed by atoms with Gasteiger partial charge in [0, 0.05) is 12.0 Å². The first-order valence-corrected chi connectivity index (χ1v) is 5.44. The molecular weight excluding hydrogens is 192 g/mol. The molecule has 0 heterocycles. The van der Waals surface area contributed by atoms with E-state index in [-0.39, 0.29) is 0 Å². The highest BCUT2D eigenvalue weighted by molar-refractivity contribution is 5.36. The first-order chi connectivity index (χ1) is 7.84. The minimum atomic E-state index is 0.814. The summed E-state index contributed by atoms with van der Waals surface area (Å²) >= 11 is 0. The zero-order chi connectivity index (χ0) is 11.2. The second-order valence-electron chi connectivity index (χ2n) is 3.83. The first-order valence-electron chi connectivity index (χ1n) is 5.44. The van der Waals surface area contributed by atoms with Gasteiger partial charge in [0.25, 0.3) is 0 Å². The molecule has 0 fully saturated rings. The molecule has 0 saturated heterocycles. The van der Waals surface area contributed by atoms with Gasteiger partial charge in [-0.3, -0.25) is 0 Å². The molecule has 16 heavy (non-hydrogen) atoms. The molecule has 0 N–H and O–H groups in total. The smallest absolute Gasteiger partial charge is 0.0344 e. The van der Waals surface area contributed by atoms with E-state index in [4.69, 9.17) is 0 Å². The highest BCUT2D eigenvalue weighted by Gasteiger charge is 1.87. The maximum Gasteiger partial charge on any atom is 0.0344 e. The van der Waals surface area contributed by atoms with E-state index in [0.717, 1.165) is 12.0 Å². The highest BCUT2D eigenvalue weighted by atomic mass is 13.9. The Labute approximate surface area is 96.9 Å². The minimum absolute atomic E-state index is 0.814. The summed E-state index contributed by atoms with van der Waals surface area (Å²) in [4.78, 5) is 0. The summed E-state index contributed by atoms with van der Waals surface area (Å²) in [5, 5.41) is 0. The third kappa shape index (κ3) is 3.00. The van der Waals surface area contributed by atoms with Crippen molar-refractivity contribution < 1.29 is 0 Å². The molecule has 0 bridgehead atoms. The molecule has 2 rings (SSSR count). The van der Waals surface area contributed by atoms with Crippen LogP contribution in [-0.2, 0) is 6.42 Å². The van der Waals surface area contributed by atoms with Crippen LogP contribution in [-0.4, -0.2) is 0 Å². The SMILES string of the molecule is Cc1ccc(C#CCc2ccccc2)cc1. The summed E-state index contributed by atoms with van der Waals surface area (Å²) in [5.74, 6) is 6.36. The van der Waals surface area contributed by atoms with E-state index < -0.39 is 0 Å². The Hall–Kier alpha value is -2.00. The van der Waals surface area contributed by atoms with Gasteiger partial charge in [-0.05, 0) is 24.6 Å². The van der Waals surface area contributed by atoms with Gasteiger partial charge in [0.15, 0.2) is 0 Å². The summed E-state index contributed by atoms with van der Waals surface area (Å²) in [7, 11) is 0. The molecule has 0 spiro atoms. The van der Waals surface area contributed by atoms with Gasteiger partial charge in [-0.15, -0.1) is 0 Å². The number of hydrogen-bond acceptors (Lipinski definition) is 0. The van der Waals surface area contributed by atoms with Gasteiger partial charge in [0.05, 0.1) is 0 Å². The van der Waals surface area contributed by atoms with Crippen LogP contribution in [0.25, 0.3) is 0 Å². The molecule has 0 unspecified atom stereocenters. The van der Waals surface area contributed by atoms with Crippen molar-refractivity contribution in [2.24, 2.45) is 0 Å². The molecule has 0 aromatic heterocycles. The topological polar surface area (TPSA) is 0 Å². The van der Waals surface area contributed by atoms with Crippen LogP contribution < -0.4 is 0 Å². The van der Waals surface area contributed by atoms with Crippen molar-refractivity contribution in [2.45, 2.75) is 13.3 Å². The lowest BCUT2D eigenvalue weighted by atomic mass is 10.1. The summed E-state index contributed by atoms with van der Waals surface area (Å²) in [6.07, 6.45) is 0.814. The Bertz CT molecular complexity index is 495. The predicted molar refractivity (Wildman–Crippen MR) is 68.2 cm³/mol. The van der Waals surface area contributed by atoms with Gasteiger partial charge >= 0.3 is 0 Å². The molecule has 0 aliphatic carbocycles.